The molecule has 4 heteroatoms. The predicted octanol–water partition coefficient (Wildman–Crippen LogP) is 16.0. The largest absolute Gasteiger partial charge is 0.507 e. The lowest BCUT2D eigenvalue weighted by atomic mass is 9.79. The predicted molar refractivity (Wildman–Crippen MR) is 269 cm³/mol. The molecule has 9 aromatic rings. The maximum absolute atomic E-state index is 11.8. The van der Waals surface area contributed by atoms with Gasteiger partial charge in [-0.2, -0.15) is 0 Å². The monoisotopic (exact) mass is 838 g/mol. The molecule has 0 bridgehead atoms. The molecule has 0 aliphatic heterocycles. The zero-order chi connectivity index (χ0) is 47.6. The molecule has 1 N–H and O–H groups in total. The first-order chi connectivity index (χ1) is 31.7. The molecular formula is C60H57N3O. The molecule has 0 spiro atoms. The first-order valence-electron chi connectivity index (χ1n) is 23.6. The Morgan fingerprint density at radius 3 is 1.84 bits per heavy atom. The van der Waals surface area contributed by atoms with Crippen LogP contribution in [-0.4, -0.2) is 19.6 Å². The van der Waals surface area contributed by atoms with Gasteiger partial charge in [0.1, 0.15) is 11.6 Å². The van der Waals surface area contributed by atoms with E-state index >= 15 is 0 Å². The highest BCUT2D eigenvalue weighted by molar-refractivity contribution is 5.98. The molecule has 7 aromatic carbocycles. The van der Waals surface area contributed by atoms with Crippen LogP contribution in [0.2, 0.25) is 0 Å². The molecule has 318 valence electrons. The number of benzene rings is 7. The van der Waals surface area contributed by atoms with Gasteiger partial charge in [0.15, 0.2) is 0 Å². The van der Waals surface area contributed by atoms with E-state index in [0.717, 1.165) is 61.3 Å². The molecule has 0 radical (unpaired) electrons. The van der Waals surface area contributed by atoms with Gasteiger partial charge in [-0.1, -0.05) is 144 Å². The van der Waals surface area contributed by atoms with Gasteiger partial charge in [0.25, 0.3) is 0 Å². The number of rotatable bonds is 7. The Kier molecular flexibility index (Phi) is 9.81. The summed E-state index contributed by atoms with van der Waals surface area (Å²) in [5.41, 5.74) is 17.1. The number of aromatic nitrogens is 3. The molecule has 0 amide bonds. The van der Waals surface area contributed by atoms with Gasteiger partial charge in [-0.25, -0.2) is 4.98 Å². The van der Waals surface area contributed by atoms with Crippen molar-refractivity contribution >= 4 is 11.0 Å². The summed E-state index contributed by atoms with van der Waals surface area (Å²) in [7, 11) is 0. The van der Waals surface area contributed by atoms with Crippen molar-refractivity contribution in [1.29, 1.82) is 0 Å². The van der Waals surface area contributed by atoms with Gasteiger partial charge in [-0.15, -0.1) is 0 Å². The van der Waals surface area contributed by atoms with Gasteiger partial charge in [0.05, 0.1) is 28.0 Å². The Hall–Kier alpha value is -7.04. The van der Waals surface area contributed by atoms with Crippen molar-refractivity contribution in [3.63, 3.8) is 0 Å². The van der Waals surface area contributed by atoms with E-state index in [1.54, 1.807) is 0 Å². The number of para-hydroxylation sites is 1. The van der Waals surface area contributed by atoms with E-state index in [1.807, 2.05) is 91.3 Å². The molecule has 9 rings (SSSR count). The summed E-state index contributed by atoms with van der Waals surface area (Å²) in [5, 5.41) is 11.8. The van der Waals surface area contributed by atoms with Crippen LogP contribution in [0, 0.1) is 27.6 Å². The SMILES string of the molecule is [2H]C([2H])([2H])c1cc(-c2cc(C(C)(C)C)cc(C(C)(C)C)c2)ccc1-n1c(-c2cc(C)cc(C)c2O)nc2c(-c3cc(-c4ccccc4)cc(-c4cc(-c5ccc(C)cc5)ccn4)c3)cccc21. The molecule has 0 saturated heterocycles. The molecular weight excluding hydrogens is 779 g/mol. The Morgan fingerprint density at radius 1 is 0.500 bits per heavy atom. The standard InChI is InChI=1S/C60H57N3O/c1-37-19-21-42(22-20-37)44-25-26-61-53(35-44)48-31-45(41-15-12-11-13-16-41)30-47(32-48)51-17-14-18-55-56(51)62-58(52-28-38(2)27-40(4)57(52)64)63(55)54-24-23-43(29-39(54)3)46-33-49(59(5,6)7)36-50(34-46)60(8,9)10/h11-36,64H,1-10H3/i3D3. The fourth-order valence-corrected chi connectivity index (χ4v) is 8.70. The molecule has 0 fully saturated rings. The third kappa shape index (κ3) is 8.17. The lowest BCUT2D eigenvalue weighted by molar-refractivity contribution is 0.472. The molecule has 0 aliphatic rings. The topological polar surface area (TPSA) is 50.9 Å². The molecule has 64 heavy (non-hydrogen) atoms. The molecule has 0 aliphatic carbocycles. The normalized spacial score (nSPS) is 12.9. The zero-order valence-corrected chi connectivity index (χ0v) is 38.3. The first-order valence-corrected chi connectivity index (χ1v) is 22.1. The number of hydrogen-bond donors (Lipinski definition) is 1. The molecule has 0 saturated carbocycles. The average molecular weight is 839 g/mol. The summed E-state index contributed by atoms with van der Waals surface area (Å²) in [6.07, 6.45) is 1.86. The second kappa shape index (κ2) is 16.3. The number of fused-ring (bicyclic) bond motifs is 1. The first kappa shape index (κ1) is 38.6. The Morgan fingerprint density at radius 2 is 1.14 bits per heavy atom. The molecule has 0 atom stereocenters. The minimum absolute atomic E-state index is 0.0948. The van der Waals surface area contributed by atoms with E-state index < -0.39 is 6.85 Å². The summed E-state index contributed by atoms with van der Waals surface area (Å²) in [4.78, 5) is 10.3. The number of phenols is 1. The van der Waals surface area contributed by atoms with E-state index in [4.69, 9.17) is 14.1 Å². The summed E-state index contributed by atoms with van der Waals surface area (Å²) in [5.74, 6) is 0.541. The number of aromatic hydroxyl groups is 1. The average Bonchev–Trinajstić information content (AvgIpc) is 3.69. The van der Waals surface area contributed by atoms with E-state index in [0.29, 0.717) is 33.7 Å². The van der Waals surface area contributed by atoms with Crippen molar-refractivity contribution in [3.05, 3.63) is 191 Å². The van der Waals surface area contributed by atoms with Gasteiger partial charge in [-0.3, -0.25) is 9.55 Å². The molecule has 0 unspecified atom stereocenters. The summed E-state index contributed by atoms with van der Waals surface area (Å²) in [6.45, 7) is 16.7. The van der Waals surface area contributed by atoms with Crippen LogP contribution in [0.25, 0.3) is 83.9 Å². The quantitative estimate of drug-likeness (QED) is 0.174. The van der Waals surface area contributed by atoms with Crippen LogP contribution in [0.4, 0.5) is 0 Å². The highest BCUT2D eigenvalue weighted by atomic mass is 16.3. The van der Waals surface area contributed by atoms with Gasteiger partial charge >= 0.3 is 0 Å². The van der Waals surface area contributed by atoms with Crippen LogP contribution in [0.5, 0.6) is 5.75 Å². The number of nitrogens with zero attached hydrogens (tertiary/aromatic N) is 3. The second-order valence-corrected chi connectivity index (χ2v) is 19.4. The van der Waals surface area contributed by atoms with Gasteiger partial charge in [0.2, 0.25) is 0 Å². The molecule has 2 aromatic heterocycles. The second-order valence-electron chi connectivity index (χ2n) is 19.4. The zero-order valence-electron chi connectivity index (χ0n) is 41.3. The molecule has 2 heterocycles. The summed E-state index contributed by atoms with van der Waals surface area (Å²) < 4.78 is 29.1. The van der Waals surface area contributed by atoms with Crippen LogP contribution < -0.4 is 0 Å². The summed E-state index contributed by atoms with van der Waals surface area (Å²) >= 11 is 0. The number of pyridine rings is 1. The lowest BCUT2D eigenvalue weighted by Crippen LogP contribution is -2.16. The van der Waals surface area contributed by atoms with Crippen LogP contribution in [0.3, 0.4) is 0 Å². The van der Waals surface area contributed by atoms with Gasteiger partial charge < -0.3 is 5.11 Å². The minimum atomic E-state index is -2.51. The molecule has 4 nitrogen and oxygen atoms in total. The van der Waals surface area contributed by atoms with Crippen LogP contribution in [-0.2, 0) is 10.8 Å². The smallest absolute Gasteiger partial charge is 0.149 e. The van der Waals surface area contributed by atoms with Crippen molar-refractivity contribution in [3.8, 4) is 78.6 Å². The number of imidazole rings is 1. The van der Waals surface area contributed by atoms with Crippen LogP contribution in [0.15, 0.2) is 158 Å². The maximum Gasteiger partial charge on any atom is 0.149 e. The third-order valence-corrected chi connectivity index (χ3v) is 12.4. The van der Waals surface area contributed by atoms with Crippen molar-refractivity contribution in [2.75, 3.05) is 0 Å². The Balaban J connectivity index is 1.30. The fourth-order valence-electron chi connectivity index (χ4n) is 8.70. The van der Waals surface area contributed by atoms with Crippen molar-refractivity contribution in [2.24, 2.45) is 0 Å². The highest BCUT2D eigenvalue weighted by Crippen LogP contribution is 2.42. The number of phenolic OH excluding ortho intramolecular Hbond substituents is 1. The van der Waals surface area contributed by atoms with Crippen LogP contribution in [0.1, 0.15) is 79.0 Å². The third-order valence-electron chi connectivity index (χ3n) is 12.4. The lowest BCUT2D eigenvalue weighted by Gasteiger charge is -2.26. The van der Waals surface area contributed by atoms with Crippen molar-refractivity contribution < 1.29 is 9.22 Å². The van der Waals surface area contributed by atoms with Gasteiger partial charge in [-0.05, 0) is 160 Å². The van der Waals surface area contributed by atoms with E-state index in [-0.39, 0.29) is 22.1 Å². The summed E-state index contributed by atoms with van der Waals surface area (Å²) in [6, 6.07) is 51.9. The Labute approximate surface area is 383 Å². The van der Waals surface area contributed by atoms with Crippen molar-refractivity contribution in [1.82, 2.24) is 14.5 Å². The highest BCUT2D eigenvalue weighted by Gasteiger charge is 2.24. The van der Waals surface area contributed by atoms with Gasteiger partial charge in [0, 0.05) is 21.4 Å². The van der Waals surface area contributed by atoms with Crippen LogP contribution >= 0.6 is 0 Å². The maximum atomic E-state index is 11.8. The van der Waals surface area contributed by atoms with Crippen molar-refractivity contribution in [2.45, 2.75) is 80.0 Å². The fraction of sp³-hybridized carbons (Fsp3) is 0.200. The van der Waals surface area contributed by atoms with E-state index in [9.17, 15) is 5.11 Å². The van der Waals surface area contributed by atoms with E-state index in [2.05, 4.69) is 133 Å². The minimum Gasteiger partial charge on any atom is -0.507 e. The Bertz CT molecular complexity index is 3300. The number of aryl methyl sites for hydroxylation is 4. The van der Waals surface area contributed by atoms with E-state index in [1.165, 1.54) is 16.7 Å². The number of hydrogen-bond acceptors (Lipinski definition) is 3.